The number of carbonyl (C=O) groups is 1. The first-order chi connectivity index (χ1) is 7.54. The SMILES string of the molecule is C=CCNC(=O)Cn1c(C)nc(Cl)cc1=O. The maximum Gasteiger partial charge on any atom is 0.255 e. The molecule has 5 nitrogen and oxygen atoms in total. The molecule has 0 aliphatic heterocycles. The lowest BCUT2D eigenvalue weighted by Crippen LogP contribution is -2.33. The zero-order chi connectivity index (χ0) is 12.1. The van der Waals surface area contributed by atoms with Gasteiger partial charge in [0, 0.05) is 12.6 Å². The van der Waals surface area contributed by atoms with Crippen molar-refractivity contribution in [3.05, 3.63) is 40.1 Å². The van der Waals surface area contributed by atoms with E-state index >= 15 is 0 Å². The van der Waals surface area contributed by atoms with Gasteiger partial charge in [-0.1, -0.05) is 17.7 Å². The largest absolute Gasteiger partial charge is 0.351 e. The first-order valence-corrected chi connectivity index (χ1v) is 5.04. The molecule has 0 radical (unpaired) electrons. The quantitative estimate of drug-likeness (QED) is 0.617. The van der Waals surface area contributed by atoms with Gasteiger partial charge in [-0.05, 0) is 6.92 Å². The van der Waals surface area contributed by atoms with Gasteiger partial charge in [0.25, 0.3) is 5.56 Å². The molecular weight excluding hydrogens is 230 g/mol. The summed E-state index contributed by atoms with van der Waals surface area (Å²) in [5, 5.41) is 2.70. The Morgan fingerprint density at radius 1 is 1.75 bits per heavy atom. The molecule has 0 aliphatic carbocycles. The van der Waals surface area contributed by atoms with Gasteiger partial charge in [0.2, 0.25) is 5.91 Å². The van der Waals surface area contributed by atoms with E-state index in [-0.39, 0.29) is 23.2 Å². The average molecular weight is 242 g/mol. The molecule has 0 aliphatic rings. The fourth-order valence-electron chi connectivity index (χ4n) is 1.16. The third kappa shape index (κ3) is 3.20. The van der Waals surface area contributed by atoms with Crippen molar-refractivity contribution in [2.24, 2.45) is 0 Å². The minimum Gasteiger partial charge on any atom is -0.351 e. The molecule has 1 N–H and O–H groups in total. The molecule has 6 heteroatoms. The van der Waals surface area contributed by atoms with Gasteiger partial charge in [0.05, 0.1) is 0 Å². The second-order valence-electron chi connectivity index (χ2n) is 3.14. The van der Waals surface area contributed by atoms with Crippen LogP contribution < -0.4 is 10.9 Å². The lowest BCUT2D eigenvalue weighted by atomic mass is 10.4. The molecule has 0 unspecified atom stereocenters. The molecule has 1 amide bonds. The summed E-state index contributed by atoms with van der Waals surface area (Å²) >= 11 is 5.60. The van der Waals surface area contributed by atoms with E-state index in [2.05, 4.69) is 16.9 Å². The number of carbonyl (C=O) groups excluding carboxylic acids is 1. The minimum absolute atomic E-state index is 0.0668. The Balaban J connectivity index is 2.85. The van der Waals surface area contributed by atoms with Gasteiger partial charge < -0.3 is 5.32 Å². The van der Waals surface area contributed by atoms with Crippen LogP contribution in [-0.2, 0) is 11.3 Å². The summed E-state index contributed by atoms with van der Waals surface area (Å²) in [4.78, 5) is 26.8. The Bertz CT molecular complexity index is 468. The monoisotopic (exact) mass is 241 g/mol. The fourth-order valence-corrected chi connectivity index (χ4v) is 1.38. The lowest BCUT2D eigenvalue weighted by molar-refractivity contribution is -0.121. The van der Waals surface area contributed by atoms with Gasteiger partial charge >= 0.3 is 0 Å². The summed E-state index contributed by atoms with van der Waals surface area (Å²) in [7, 11) is 0. The summed E-state index contributed by atoms with van der Waals surface area (Å²) in [5.41, 5.74) is -0.341. The van der Waals surface area contributed by atoms with Crippen LogP contribution in [0.3, 0.4) is 0 Å². The molecule has 0 spiro atoms. The van der Waals surface area contributed by atoms with E-state index < -0.39 is 0 Å². The van der Waals surface area contributed by atoms with Gasteiger partial charge in [0.1, 0.15) is 17.5 Å². The Kier molecular flexibility index (Phi) is 4.25. The van der Waals surface area contributed by atoms with Gasteiger partial charge in [-0.25, -0.2) is 4.98 Å². The van der Waals surface area contributed by atoms with Crippen molar-refractivity contribution in [3.63, 3.8) is 0 Å². The van der Waals surface area contributed by atoms with Crippen molar-refractivity contribution in [2.45, 2.75) is 13.5 Å². The van der Waals surface area contributed by atoms with E-state index in [1.165, 1.54) is 10.6 Å². The van der Waals surface area contributed by atoms with Crippen LogP contribution in [0.15, 0.2) is 23.5 Å². The molecule has 0 saturated heterocycles. The van der Waals surface area contributed by atoms with Crippen molar-refractivity contribution in [1.82, 2.24) is 14.9 Å². The Morgan fingerprint density at radius 2 is 2.44 bits per heavy atom. The molecule has 0 fully saturated rings. The van der Waals surface area contributed by atoms with Gasteiger partial charge in [-0.3, -0.25) is 14.2 Å². The molecule has 0 saturated carbocycles. The number of halogens is 1. The second kappa shape index (κ2) is 5.46. The number of hydrogen-bond acceptors (Lipinski definition) is 3. The van der Waals surface area contributed by atoms with Crippen molar-refractivity contribution in [2.75, 3.05) is 6.54 Å². The molecule has 16 heavy (non-hydrogen) atoms. The maximum absolute atomic E-state index is 11.5. The number of aryl methyl sites for hydroxylation is 1. The molecule has 0 atom stereocenters. The molecule has 1 aromatic heterocycles. The van der Waals surface area contributed by atoms with E-state index in [9.17, 15) is 9.59 Å². The normalized spacial score (nSPS) is 9.88. The number of amides is 1. The van der Waals surface area contributed by atoms with E-state index in [4.69, 9.17) is 11.6 Å². The van der Waals surface area contributed by atoms with E-state index in [0.29, 0.717) is 12.4 Å². The van der Waals surface area contributed by atoms with Crippen molar-refractivity contribution < 1.29 is 4.79 Å². The van der Waals surface area contributed by atoms with Crippen LogP contribution in [0.4, 0.5) is 0 Å². The average Bonchev–Trinajstić information content (AvgIpc) is 2.20. The fraction of sp³-hybridized carbons (Fsp3) is 0.300. The number of aromatic nitrogens is 2. The predicted molar refractivity (Wildman–Crippen MR) is 61.5 cm³/mol. The second-order valence-corrected chi connectivity index (χ2v) is 3.53. The Hall–Kier alpha value is -1.62. The maximum atomic E-state index is 11.5. The van der Waals surface area contributed by atoms with Crippen molar-refractivity contribution >= 4 is 17.5 Å². The van der Waals surface area contributed by atoms with E-state index in [0.717, 1.165) is 0 Å². The van der Waals surface area contributed by atoms with Gasteiger partial charge in [-0.15, -0.1) is 6.58 Å². The first-order valence-electron chi connectivity index (χ1n) is 4.66. The third-order valence-electron chi connectivity index (χ3n) is 1.91. The summed E-state index contributed by atoms with van der Waals surface area (Å²) in [6, 6.07) is 1.18. The zero-order valence-corrected chi connectivity index (χ0v) is 9.62. The lowest BCUT2D eigenvalue weighted by Gasteiger charge is -2.08. The zero-order valence-electron chi connectivity index (χ0n) is 8.86. The highest BCUT2D eigenvalue weighted by Crippen LogP contribution is 2.00. The topological polar surface area (TPSA) is 64.0 Å². The molecule has 0 aromatic carbocycles. The summed E-state index contributed by atoms with van der Waals surface area (Å²) in [6.45, 7) is 5.39. The molecule has 0 bridgehead atoms. The summed E-state index contributed by atoms with van der Waals surface area (Å²) in [6.07, 6.45) is 1.56. The smallest absolute Gasteiger partial charge is 0.255 e. The van der Waals surface area contributed by atoms with E-state index in [1.807, 2.05) is 0 Å². The molecular formula is C10H12ClN3O2. The van der Waals surface area contributed by atoms with Crippen molar-refractivity contribution in [3.8, 4) is 0 Å². The molecule has 1 aromatic rings. The van der Waals surface area contributed by atoms with Crippen LogP contribution in [0.5, 0.6) is 0 Å². The van der Waals surface area contributed by atoms with Crippen molar-refractivity contribution in [1.29, 1.82) is 0 Å². The van der Waals surface area contributed by atoms with Crippen LogP contribution in [0.2, 0.25) is 5.15 Å². The number of nitrogens with one attached hydrogen (secondary N) is 1. The van der Waals surface area contributed by atoms with Gasteiger partial charge in [0.15, 0.2) is 0 Å². The highest BCUT2D eigenvalue weighted by molar-refractivity contribution is 6.29. The Labute approximate surface area is 97.8 Å². The number of hydrogen-bond donors (Lipinski definition) is 1. The third-order valence-corrected chi connectivity index (χ3v) is 2.11. The highest BCUT2D eigenvalue weighted by Gasteiger charge is 2.07. The molecule has 1 heterocycles. The minimum atomic E-state index is -0.341. The highest BCUT2D eigenvalue weighted by atomic mass is 35.5. The summed E-state index contributed by atoms with van der Waals surface area (Å²) < 4.78 is 1.25. The predicted octanol–water partition coefficient (Wildman–Crippen LogP) is 0.507. The molecule has 86 valence electrons. The van der Waals surface area contributed by atoms with Crippen LogP contribution in [0.1, 0.15) is 5.82 Å². The van der Waals surface area contributed by atoms with Crippen LogP contribution in [-0.4, -0.2) is 22.0 Å². The molecule has 1 rings (SSSR count). The number of nitrogens with zero attached hydrogens (tertiary/aromatic N) is 2. The summed E-state index contributed by atoms with van der Waals surface area (Å²) in [5.74, 6) is 0.139. The Morgan fingerprint density at radius 3 is 3.00 bits per heavy atom. The van der Waals surface area contributed by atoms with Gasteiger partial charge in [-0.2, -0.15) is 0 Å². The van der Waals surface area contributed by atoms with Crippen LogP contribution in [0, 0.1) is 6.92 Å². The van der Waals surface area contributed by atoms with Crippen LogP contribution in [0.25, 0.3) is 0 Å². The standard InChI is InChI=1S/C10H12ClN3O2/c1-3-4-12-9(15)6-14-7(2)13-8(11)5-10(14)16/h3,5H,1,4,6H2,2H3,(H,12,15). The number of rotatable bonds is 4. The van der Waals surface area contributed by atoms with Crippen LogP contribution >= 0.6 is 11.6 Å². The van der Waals surface area contributed by atoms with E-state index in [1.54, 1.807) is 13.0 Å². The first kappa shape index (κ1) is 12.4.